The van der Waals surface area contributed by atoms with Crippen LogP contribution in [0.15, 0.2) is 12.2 Å². The molecule has 0 heterocycles. The monoisotopic (exact) mass is 572 g/mol. The molecule has 0 unspecified atom stereocenters. The largest absolute Gasteiger partial charge is 0.465 e. The molecule has 0 spiro atoms. The van der Waals surface area contributed by atoms with Crippen LogP contribution in [0.5, 0.6) is 0 Å². The molecule has 0 bridgehead atoms. The molecule has 0 aliphatic carbocycles. The second-order valence-corrected chi connectivity index (χ2v) is 15.2. The summed E-state index contributed by atoms with van der Waals surface area (Å²) in [4.78, 5) is 23.7. The van der Waals surface area contributed by atoms with E-state index in [1.54, 1.807) is 6.92 Å². The van der Waals surface area contributed by atoms with Crippen LogP contribution in [0.4, 0.5) is 0 Å². The summed E-state index contributed by atoms with van der Waals surface area (Å²) in [6.07, 6.45) is 0.997. The Balaban J connectivity index is 4.26. The normalized spacial score (nSPS) is 13.3. The smallest absolute Gasteiger partial charge is 0.333 e. The highest BCUT2D eigenvalue weighted by atomic mass is 16.5. The minimum Gasteiger partial charge on any atom is -0.465 e. The van der Waals surface area contributed by atoms with E-state index in [0.717, 1.165) is 0 Å². The first kappa shape index (κ1) is 38.5. The van der Waals surface area contributed by atoms with Gasteiger partial charge in [0.25, 0.3) is 0 Å². The van der Waals surface area contributed by atoms with Crippen LogP contribution >= 0.6 is 0 Å². The second kappa shape index (κ2) is 16.8. The van der Waals surface area contributed by atoms with E-state index in [1.807, 2.05) is 48.5 Å². The van der Waals surface area contributed by atoms with Gasteiger partial charge in [-0.2, -0.15) is 0 Å². The lowest BCUT2D eigenvalue weighted by atomic mass is 9.93. The fourth-order valence-electron chi connectivity index (χ4n) is 3.30. The van der Waals surface area contributed by atoms with Gasteiger partial charge in [-0.15, -0.1) is 0 Å². The van der Waals surface area contributed by atoms with Crippen LogP contribution in [0.25, 0.3) is 0 Å². The average molecular weight is 573 g/mol. The second-order valence-electron chi connectivity index (χ2n) is 15.2. The topological polar surface area (TPSA) is 89.5 Å². The molecule has 40 heavy (non-hydrogen) atoms. The first-order chi connectivity index (χ1) is 18.0. The average Bonchev–Trinajstić information content (AvgIpc) is 2.77. The van der Waals surface area contributed by atoms with Crippen molar-refractivity contribution in [3.05, 3.63) is 12.2 Å². The number of esters is 2. The van der Waals surface area contributed by atoms with Gasteiger partial charge in [0, 0.05) is 40.3 Å². The molecule has 0 radical (unpaired) electrons. The van der Waals surface area contributed by atoms with Crippen LogP contribution in [0.1, 0.15) is 95.9 Å². The molecule has 8 heteroatoms. The lowest BCUT2D eigenvalue weighted by molar-refractivity contribution is -0.149. The molecule has 236 valence electrons. The van der Waals surface area contributed by atoms with E-state index >= 15 is 0 Å². The van der Waals surface area contributed by atoms with Crippen LogP contribution in [-0.4, -0.2) is 77.0 Å². The van der Waals surface area contributed by atoms with Gasteiger partial charge in [-0.3, -0.25) is 4.79 Å². The zero-order valence-corrected chi connectivity index (χ0v) is 27.8. The van der Waals surface area contributed by atoms with Gasteiger partial charge >= 0.3 is 11.9 Å². The van der Waals surface area contributed by atoms with Crippen molar-refractivity contribution < 1.29 is 38.0 Å². The Morgan fingerprint density at radius 3 is 1.27 bits per heavy atom. The standard InChI is InChI=1S/C32H60O8/c1-25(2)27(34)39-24-32(12,13)22-37-20-30(8,9)18-35-17-29(6,7)19-36-21-31(10,11)23-38-26(33)15-14-16-40-28(3,4)5/h1,14-24H2,2-13H3. The Kier molecular flexibility index (Phi) is 16.2. The molecule has 8 nitrogen and oxygen atoms in total. The van der Waals surface area contributed by atoms with Crippen LogP contribution < -0.4 is 0 Å². The van der Waals surface area contributed by atoms with E-state index in [1.165, 1.54) is 0 Å². The van der Waals surface area contributed by atoms with E-state index < -0.39 is 0 Å². The maximum Gasteiger partial charge on any atom is 0.333 e. The third kappa shape index (κ3) is 21.3. The predicted molar refractivity (Wildman–Crippen MR) is 159 cm³/mol. The molecule has 0 aromatic carbocycles. The maximum absolute atomic E-state index is 12.1. The van der Waals surface area contributed by atoms with Crippen molar-refractivity contribution in [3.63, 3.8) is 0 Å². The van der Waals surface area contributed by atoms with E-state index in [4.69, 9.17) is 28.4 Å². The zero-order chi connectivity index (χ0) is 31.3. The summed E-state index contributed by atoms with van der Waals surface area (Å²) in [5.41, 5.74) is -0.742. The van der Waals surface area contributed by atoms with Gasteiger partial charge in [0.15, 0.2) is 0 Å². The van der Waals surface area contributed by atoms with E-state index in [0.29, 0.717) is 71.3 Å². The van der Waals surface area contributed by atoms with Crippen molar-refractivity contribution in [1.82, 2.24) is 0 Å². The molecule has 0 atom stereocenters. The highest BCUT2D eigenvalue weighted by molar-refractivity contribution is 5.86. The molecule has 0 amide bonds. The summed E-state index contributed by atoms with van der Waals surface area (Å²) in [5, 5.41) is 0. The summed E-state index contributed by atoms with van der Waals surface area (Å²) < 4.78 is 34.4. The molecule has 0 saturated heterocycles. The van der Waals surface area contributed by atoms with Gasteiger partial charge in [-0.05, 0) is 34.1 Å². The molecular weight excluding hydrogens is 512 g/mol. The van der Waals surface area contributed by atoms with Gasteiger partial charge in [0.1, 0.15) is 0 Å². The van der Waals surface area contributed by atoms with E-state index in [9.17, 15) is 9.59 Å². The van der Waals surface area contributed by atoms with Crippen molar-refractivity contribution in [2.75, 3.05) is 59.5 Å². The highest BCUT2D eigenvalue weighted by Gasteiger charge is 2.27. The van der Waals surface area contributed by atoms with Crippen molar-refractivity contribution in [2.45, 2.75) is 102 Å². The lowest BCUT2D eigenvalue weighted by Gasteiger charge is -2.31. The Hall–Kier alpha value is -1.48. The van der Waals surface area contributed by atoms with E-state index in [-0.39, 0.29) is 45.8 Å². The van der Waals surface area contributed by atoms with Crippen LogP contribution in [0, 0.1) is 21.7 Å². The number of carbonyl (C=O) groups is 2. The van der Waals surface area contributed by atoms with Gasteiger partial charge in [-0.25, -0.2) is 4.79 Å². The quantitative estimate of drug-likeness (QED) is 0.0887. The molecule has 0 aliphatic rings. The van der Waals surface area contributed by atoms with Gasteiger partial charge in [0.2, 0.25) is 0 Å². The zero-order valence-electron chi connectivity index (χ0n) is 27.8. The van der Waals surface area contributed by atoms with Gasteiger partial charge in [-0.1, -0.05) is 62.0 Å². The number of carbonyl (C=O) groups excluding carboxylic acids is 2. The molecule has 0 saturated carbocycles. The van der Waals surface area contributed by atoms with E-state index in [2.05, 4.69) is 34.3 Å². The first-order valence-electron chi connectivity index (χ1n) is 14.4. The number of ether oxygens (including phenoxy) is 6. The Morgan fingerprint density at radius 2 is 0.925 bits per heavy atom. The van der Waals surface area contributed by atoms with Crippen LogP contribution in [-0.2, 0) is 38.0 Å². The molecule has 0 aromatic heterocycles. The lowest BCUT2D eigenvalue weighted by Crippen LogP contribution is -2.34. The summed E-state index contributed by atoms with van der Waals surface area (Å²) in [6.45, 7) is 31.9. The summed E-state index contributed by atoms with van der Waals surface area (Å²) >= 11 is 0. The van der Waals surface area contributed by atoms with Crippen LogP contribution in [0.3, 0.4) is 0 Å². The molecule has 0 aromatic rings. The van der Waals surface area contributed by atoms with Crippen molar-refractivity contribution in [1.29, 1.82) is 0 Å². The number of hydrogen-bond acceptors (Lipinski definition) is 8. The Morgan fingerprint density at radius 1 is 0.575 bits per heavy atom. The SMILES string of the molecule is C=C(C)C(=O)OCC(C)(C)COCC(C)(C)COCC(C)(C)COCC(C)(C)COC(=O)CCCOC(C)(C)C. The Bertz CT molecular complexity index is 774. The van der Waals surface area contributed by atoms with Gasteiger partial charge in [0.05, 0.1) is 58.5 Å². The minimum absolute atomic E-state index is 0.174. The van der Waals surface area contributed by atoms with Crippen molar-refractivity contribution >= 4 is 11.9 Å². The molecule has 0 N–H and O–H groups in total. The Labute approximate surface area is 244 Å². The molecule has 0 rings (SSSR count). The van der Waals surface area contributed by atoms with Crippen molar-refractivity contribution in [2.24, 2.45) is 21.7 Å². The summed E-state index contributed by atoms with van der Waals surface area (Å²) in [6, 6.07) is 0. The number of rotatable bonds is 21. The third-order valence-electron chi connectivity index (χ3n) is 5.58. The molecule has 0 aliphatic heterocycles. The van der Waals surface area contributed by atoms with Gasteiger partial charge < -0.3 is 28.4 Å². The fraction of sp³-hybridized carbons (Fsp3) is 0.875. The minimum atomic E-state index is -0.381. The maximum atomic E-state index is 12.1. The molecule has 0 fully saturated rings. The fourth-order valence-corrected chi connectivity index (χ4v) is 3.30. The predicted octanol–water partition coefficient (Wildman–Crippen LogP) is 6.40. The summed E-state index contributed by atoms with van der Waals surface area (Å²) in [5.74, 6) is -0.588. The summed E-state index contributed by atoms with van der Waals surface area (Å²) in [7, 11) is 0. The van der Waals surface area contributed by atoms with Crippen molar-refractivity contribution in [3.8, 4) is 0 Å². The van der Waals surface area contributed by atoms with Crippen LogP contribution in [0.2, 0.25) is 0 Å². The first-order valence-corrected chi connectivity index (χ1v) is 14.4. The molecular formula is C32H60O8. The number of hydrogen-bond donors (Lipinski definition) is 0. The highest BCUT2D eigenvalue weighted by Crippen LogP contribution is 2.24. The third-order valence-corrected chi connectivity index (χ3v) is 5.58.